The van der Waals surface area contributed by atoms with E-state index in [-0.39, 0.29) is 178 Å². The van der Waals surface area contributed by atoms with Crippen molar-refractivity contribution in [2.75, 3.05) is 127 Å². The van der Waals surface area contributed by atoms with Crippen molar-refractivity contribution < 1.29 is 92.7 Å². The number of thioether (sulfide) groups is 2. The van der Waals surface area contributed by atoms with E-state index in [2.05, 4.69) is 85.1 Å². The van der Waals surface area contributed by atoms with Crippen molar-refractivity contribution in [1.82, 2.24) is 81.7 Å². The number of benzene rings is 2. The molecule has 0 aliphatic carbocycles. The Hall–Kier alpha value is -9.69. The molecule has 0 spiro atoms. The number of carboxylic acids is 5. The van der Waals surface area contributed by atoms with Crippen molar-refractivity contribution in [3.63, 3.8) is 0 Å². The van der Waals surface area contributed by atoms with Crippen molar-refractivity contribution in [3.8, 4) is 0 Å². The van der Waals surface area contributed by atoms with Gasteiger partial charge in [0.2, 0.25) is 53.2 Å². The van der Waals surface area contributed by atoms with E-state index in [4.69, 9.17) is 5.73 Å². The number of nitrogen functional groups attached to an aromatic ring is 1. The van der Waals surface area contributed by atoms with Crippen molar-refractivity contribution in [2.24, 2.45) is 5.92 Å². The Kier molecular flexibility index (Phi) is 37.6. The maximum absolute atomic E-state index is 14.1. The van der Waals surface area contributed by atoms with Crippen LogP contribution in [0.4, 0.5) is 11.6 Å². The Morgan fingerprint density at radius 1 is 0.613 bits per heavy atom. The number of halogens is 1. The highest BCUT2D eigenvalue weighted by Crippen LogP contribution is 2.26. The van der Waals surface area contributed by atoms with Crippen molar-refractivity contribution in [1.29, 1.82) is 0 Å². The standard InChI is InChI=1S/C70H97IN18O20S2/c1-41(2)59(82-64(102)47(20-32-110-3)78-54(92)36-85-24-26-86(37-56(94)95)28-30-88(39-58(98)99)31-29-87(27-25-85)38-57(96)97)65(103)81-48(68(106)107)8-4-5-21-74-63(101)50(40-111-51-33-55(93)89(67(51)105)23-22-73-52(90)9-6-7-42-10-14-44(71)15-11-42)79-53(91)19-18-49(69(108)109)80-62(100)43-12-16-45(17-13-43)75-34-46-35-76-61-60(77-46)66(104)84-70(72)83-61/h10-17,35,41,47-51,59,75H,4-9,18-34,36-40H2,1-3H3,(H,73,90)(H,74,101)(H,78,92)(H,79,91)(H,80,100)(H,81,103)(H,82,102)(H,94,95)(H,96,97)(H,98,99)(H,106,107)(H,108,109)(H3,72,76,83,84,104)/t47-,48-,49?,50-,51?,59-/m1/s1. The average molecular weight is 1700 g/mol. The number of nitrogens with two attached hydrogens (primary N) is 1. The molecule has 0 bridgehead atoms. The van der Waals surface area contributed by atoms with Gasteiger partial charge in [0.1, 0.15) is 30.2 Å². The van der Waals surface area contributed by atoms with E-state index in [1.165, 1.54) is 42.2 Å². The summed E-state index contributed by atoms with van der Waals surface area (Å²) in [7, 11) is 0. The van der Waals surface area contributed by atoms with Gasteiger partial charge in [0.15, 0.2) is 11.2 Å². The van der Waals surface area contributed by atoms with Crippen LogP contribution in [0.25, 0.3) is 11.2 Å². The molecule has 2 aliphatic rings. The number of aromatic amines is 1. The molecule has 16 N–H and O–H groups in total. The highest BCUT2D eigenvalue weighted by molar-refractivity contribution is 14.1. The van der Waals surface area contributed by atoms with Gasteiger partial charge >= 0.3 is 29.8 Å². The predicted octanol–water partition coefficient (Wildman–Crippen LogP) is -1.33. The number of aryl methyl sites for hydroxylation is 1. The van der Waals surface area contributed by atoms with Crippen LogP contribution < -0.4 is 53.8 Å². The van der Waals surface area contributed by atoms with Gasteiger partial charge in [-0.2, -0.15) is 16.7 Å². The predicted molar refractivity (Wildman–Crippen MR) is 416 cm³/mol. The van der Waals surface area contributed by atoms with Crippen molar-refractivity contribution >= 4 is 152 Å². The molecule has 2 aromatic heterocycles. The molecule has 6 atom stereocenters. The fraction of sp³-hybridized carbons (Fsp3) is 0.543. The van der Waals surface area contributed by atoms with Gasteiger partial charge in [0, 0.05) is 112 Å². The molecule has 41 heteroatoms. The molecule has 4 aromatic rings. The Balaban J connectivity index is 1.04. The number of hydrogen-bond acceptors (Lipinski definition) is 26. The number of H-pyrrole nitrogens is 1. The van der Waals surface area contributed by atoms with Gasteiger partial charge in [-0.25, -0.2) is 19.6 Å². The van der Waals surface area contributed by atoms with E-state index in [0.29, 0.717) is 30.0 Å². The molecule has 2 fully saturated rings. The second-order valence-electron chi connectivity index (χ2n) is 26.8. The van der Waals surface area contributed by atoms with E-state index >= 15 is 0 Å². The van der Waals surface area contributed by atoms with Crippen LogP contribution in [-0.4, -0.2) is 304 Å². The fourth-order valence-corrected chi connectivity index (χ4v) is 13.8. The van der Waals surface area contributed by atoms with Gasteiger partial charge in [-0.05, 0) is 127 Å². The number of amides is 9. The first-order valence-electron chi connectivity index (χ1n) is 35.9. The minimum Gasteiger partial charge on any atom is -0.480 e. The zero-order chi connectivity index (χ0) is 81.3. The number of unbranched alkanes of at least 4 members (excludes halogenated alkanes) is 1. The van der Waals surface area contributed by atoms with Crippen LogP contribution in [0.15, 0.2) is 59.5 Å². The van der Waals surface area contributed by atoms with E-state index < -0.39 is 137 Å². The fourth-order valence-electron chi connectivity index (χ4n) is 11.8. The Labute approximate surface area is 661 Å². The summed E-state index contributed by atoms with van der Waals surface area (Å²) in [4.78, 5) is 218. The molecule has 2 aliphatic heterocycles. The number of hydrogen-bond donors (Lipinski definition) is 15. The number of imide groups is 1. The van der Waals surface area contributed by atoms with Gasteiger partial charge in [-0.3, -0.25) is 91.8 Å². The number of carboxylic acid groups (broad SMARTS) is 5. The zero-order valence-corrected chi connectivity index (χ0v) is 65.5. The Bertz CT molecular complexity index is 3950. The average Bonchev–Trinajstić information content (AvgIpc) is 1.48. The molecule has 2 saturated heterocycles. The third-order valence-corrected chi connectivity index (χ3v) is 20.5. The van der Waals surface area contributed by atoms with Crippen LogP contribution >= 0.6 is 46.1 Å². The van der Waals surface area contributed by atoms with E-state index in [1.54, 1.807) is 39.7 Å². The van der Waals surface area contributed by atoms with E-state index in [9.17, 15) is 97.5 Å². The summed E-state index contributed by atoms with van der Waals surface area (Å²) in [6.07, 6.45) is 3.47. The first-order valence-corrected chi connectivity index (χ1v) is 39.5. The van der Waals surface area contributed by atoms with Crippen LogP contribution in [-0.2, 0) is 75.3 Å². The largest absolute Gasteiger partial charge is 0.480 e. The van der Waals surface area contributed by atoms with Gasteiger partial charge in [0.25, 0.3) is 11.5 Å². The highest BCUT2D eigenvalue weighted by atomic mass is 127. The Morgan fingerprint density at radius 3 is 1.77 bits per heavy atom. The molecule has 6 rings (SSSR count). The van der Waals surface area contributed by atoms with E-state index in [0.717, 1.165) is 25.8 Å². The SMILES string of the molecule is CSCC[C@@H](NC(=O)CN1CCN(CC(=O)O)CCN(CC(=O)O)CCN(CC(=O)O)CC1)C(=O)N[C@@H](C(=O)N[C@H](CCCCNC(=O)[C@@H](CSC1CC(=O)N(CCNC(=O)CCCc2ccc(I)cc2)C1=O)NC(=O)CCC(NC(=O)c1ccc(NCc2cnc3nc(N)[nH]c(=O)c3n2)cc1)C(=O)O)C(=O)O)C(C)C. The molecule has 4 heterocycles. The lowest BCUT2D eigenvalue weighted by Crippen LogP contribution is -2.58. The third kappa shape index (κ3) is 31.9. The maximum atomic E-state index is 14.1. The van der Waals surface area contributed by atoms with Gasteiger partial charge in [-0.1, -0.05) is 26.0 Å². The zero-order valence-electron chi connectivity index (χ0n) is 61.7. The summed E-state index contributed by atoms with van der Waals surface area (Å²) in [5.41, 5.74) is 7.06. The summed E-state index contributed by atoms with van der Waals surface area (Å²) in [6, 6.07) is 6.75. The van der Waals surface area contributed by atoms with Crippen LogP contribution in [0.1, 0.15) is 93.3 Å². The number of likely N-dealkylation sites (tertiary alicyclic amines) is 1. The summed E-state index contributed by atoms with van der Waals surface area (Å²) < 4.78 is 1.08. The molecule has 606 valence electrons. The van der Waals surface area contributed by atoms with Crippen molar-refractivity contribution in [3.05, 3.63) is 85.5 Å². The third-order valence-electron chi connectivity index (χ3n) is 17.8. The van der Waals surface area contributed by atoms with Gasteiger partial charge < -0.3 is 73.8 Å². The first-order chi connectivity index (χ1) is 52.8. The molecule has 0 radical (unpaired) electrons. The molecule has 38 nitrogen and oxygen atoms in total. The summed E-state index contributed by atoms with van der Waals surface area (Å²) in [5.74, 6) is -13.0. The molecule has 2 aromatic carbocycles. The highest BCUT2D eigenvalue weighted by Gasteiger charge is 2.40. The minimum absolute atomic E-state index is 0.0166. The number of aromatic nitrogens is 4. The van der Waals surface area contributed by atoms with Gasteiger partial charge in [-0.15, -0.1) is 11.8 Å². The molecule has 2 unspecified atom stereocenters. The van der Waals surface area contributed by atoms with Crippen molar-refractivity contribution in [2.45, 2.75) is 120 Å². The lowest BCUT2D eigenvalue weighted by atomic mass is 10.0. The van der Waals surface area contributed by atoms with Gasteiger partial charge in [0.05, 0.1) is 49.9 Å². The molecule has 9 amide bonds. The smallest absolute Gasteiger partial charge is 0.326 e. The number of carbonyl (C=O) groups is 14. The number of anilines is 2. The summed E-state index contributed by atoms with van der Waals surface area (Å²) >= 11 is 4.47. The number of rotatable bonds is 44. The number of nitrogens with zero attached hydrogens (tertiary/aromatic N) is 8. The van der Waals surface area contributed by atoms with Crippen LogP contribution in [0.3, 0.4) is 0 Å². The Morgan fingerprint density at radius 2 is 1.20 bits per heavy atom. The second-order valence-corrected chi connectivity index (χ2v) is 30.2. The van der Waals surface area contributed by atoms with Crippen LogP contribution in [0.5, 0.6) is 0 Å². The normalized spacial score (nSPS) is 16.2. The van der Waals surface area contributed by atoms with Crippen LogP contribution in [0.2, 0.25) is 0 Å². The monoisotopic (exact) mass is 1700 g/mol. The van der Waals surface area contributed by atoms with Crippen LogP contribution in [0, 0.1) is 9.49 Å². The quantitative estimate of drug-likeness (QED) is 0.0139. The molecular weight excluding hydrogens is 1600 g/mol. The number of nitrogens with one attached hydrogen (secondary N) is 9. The number of carbonyl (C=O) groups excluding carboxylic acids is 9. The topological polar surface area (TPSA) is 550 Å². The minimum atomic E-state index is -1.61. The summed E-state index contributed by atoms with van der Waals surface area (Å²) in [6.45, 7) is 2.74. The lowest BCUT2D eigenvalue weighted by molar-refractivity contribution is -0.143. The maximum Gasteiger partial charge on any atom is 0.326 e. The summed E-state index contributed by atoms with van der Waals surface area (Å²) in [5, 5.41) is 69.7. The van der Waals surface area contributed by atoms with E-state index in [1.807, 2.05) is 24.3 Å². The second kappa shape index (κ2) is 46.2. The first kappa shape index (κ1) is 90.2. The number of fused-ring (bicyclic) bond motifs is 1. The number of aliphatic carboxylic acids is 5. The molecule has 111 heavy (non-hydrogen) atoms. The lowest BCUT2D eigenvalue weighted by Gasteiger charge is -2.33. The molecular formula is C70H97IN18O20S2. The molecule has 0 saturated carbocycles.